The predicted octanol–water partition coefficient (Wildman–Crippen LogP) is 3.43. The molecule has 1 aliphatic heterocycles. The average molecular weight is 327 g/mol. The van der Waals surface area contributed by atoms with E-state index in [4.69, 9.17) is 23.1 Å². The summed E-state index contributed by atoms with van der Waals surface area (Å²) in [5.41, 5.74) is 15.6. The molecule has 23 heavy (non-hydrogen) atoms. The number of urea groups is 1. The van der Waals surface area contributed by atoms with Crippen LogP contribution < -0.4 is 11.5 Å². The second-order valence-electron chi connectivity index (χ2n) is 5.24. The Hall–Kier alpha value is -2.79. The fraction of sp³-hybridized carbons (Fsp3) is 0.0588. The summed E-state index contributed by atoms with van der Waals surface area (Å²) < 4.78 is 0. The minimum atomic E-state index is -0.648. The highest BCUT2D eigenvalue weighted by atomic mass is 35.5. The number of nitrogen functional groups attached to an aromatic ring is 1. The van der Waals surface area contributed by atoms with Gasteiger partial charge in [-0.2, -0.15) is 10.1 Å². The topological polar surface area (TPSA) is 84.7 Å². The minimum Gasteiger partial charge on any atom is -0.399 e. The number of allylic oxidation sites excluding steroid dienone is 1. The van der Waals surface area contributed by atoms with Gasteiger partial charge in [0.1, 0.15) is 0 Å². The maximum Gasteiger partial charge on any atom is 0.339 e. The number of halogens is 1. The summed E-state index contributed by atoms with van der Waals surface area (Å²) in [7, 11) is 0. The molecule has 3 rings (SSSR count). The summed E-state index contributed by atoms with van der Waals surface area (Å²) in [5, 5.41) is 6.21. The number of benzene rings is 2. The van der Waals surface area contributed by atoms with Crippen LogP contribution in [0.4, 0.5) is 10.5 Å². The van der Waals surface area contributed by atoms with Crippen molar-refractivity contribution in [3.8, 4) is 0 Å². The molecule has 6 heteroatoms. The number of rotatable bonds is 1. The first-order valence-corrected chi connectivity index (χ1v) is 7.36. The van der Waals surface area contributed by atoms with Gasteiger partial charge in [-0.15, -0.1) is 0 Å². The molecule has 1 heterocycles. The van der Waals surface area contributed by atoms with Crippen LogP contribution in [0.5, 0.6) is 0 Å². The van der Waals surface area contributed by atoms with E-state index in [0.29, 0.717) is 22.1 Å². The third-order valence-electron chi connectivity index (χ3n) is 3.56. The van der Waals surface area contributed by atoms with E-state index in [1.165, 1.54) is 5.01 Å². The number of nitrogens with two attached hydrogens (primary N) is 2. The quantitative estimate of drug-likeness (QED) is 0.787. The standard InChI is InChI=1S/C17H15ClN4O/c1-10-8-12-2-5-13(18)9-15(12)16(21-22(10)17(20)23)11-3-6-14(19)7-4-11/h2-9H,19H2,1H3,(H2,20,23). The van der Waals surface area contributed by atoms with Crippen molar-refractivity contribution < 1.29 is 4.79 Å². The fourth-order valence-corrected chi connectivity index (χ4v) is 2.63. The normalized spacial score (nSPS) is 13.7. The second kappa shape index (κ2) is 5.78. The van der Waals surface area contributed by atoms with Gasteiger partial charge < -0.3 is 11.5 Å². The lowest BCUT2D eigenvalue weighted by Gasteiger charge is -2.15. The summed E-state index contributed by atoms with van der Waals surface area (Å²) in [6.45, 7) is 1.78. The van der Waals surface area contributed by atoms with Crippen LogP contribution in [0.1, 0.15) is 23.6 Å². The van der Waals surface area contributed by atoms with E-state index in [2.05, 4.69) is 5.10 Å². The summed E-state index contributed by atoms with van der Waals surface area (Å²) in [6.07, 6.45) is 1.85. The Morgan fingerprint density at radius 3 is 2.52 bits per heavy atom. The Labute approximate surface area is 138 Å². The van der Waals surface area contributed by atoms with Crippen LogP contribution in [0.2, 0.25) is 5.02 Å². The molecular weight excluding hydrogens is 312 g/mol. The van der Waals surface area contributed by atoms with Gasteiger partial charge in [0.05, 0.1) is 5.71 Å². The zero-order chi connectivity index (χ0) is 16.6. The highest BCUT2D eigenvalue weighted by molar-refractivity contribution is 6.31. The third-order valence-corrected chi connectivity index (χ3v) is 3.80. The van der Waals surface area contributed by atoms with Crippen LogP contribution in [-0.2, 0) is 0 Å². The molecule has 0 radical (unpaired) electrons. The van der Waals surface area contributed by atoms with Crippen LogP contribution in [0.25, 0.3) is 6.08 Å². The number of hydrazone groups is 1. The van der Waals surface area contributed by atoms with Gasteiger partial charge >= 0.3 is 6.03 Å². The van der Waals surface area contributed by atoms with Crippen molar-refractivity contribution in [3.05, 3.63) is 69.9 Å². The first-order valence-electron chi connectivity index (χ1n) is 6.98. The molecule has 5 nitrogen and oxygen atoms in total. The van der Waals surface area contributed by atoms with Crippen molar-refractivity contribution in [2.75, 3.05) is 5.73 Å². The van der Waals surface area contributed by atoms with Gasteiger partial charge in [-0.3, -0.25) is 0 Å². The van der Waals surface area contributed by atoms with E-state index in [-0.39, 0.29) is 0 Å². The Morgan fingerprint density at radius 2 is 1.87 bits per heavy atom. The first kappa shape index (κ1) is 15.1. The monoisotopic (exact) mass is 326 g/mol. The van der Waals surface area contributed by atoms with Gasteiger partial charge in [-0.1, -0.05) is 29.8 Å². The van der Waals surface area contributed by atoms with Crippen LogP contribution >= 0.6 is 11.6 Å². The Bertz CT molecular complexity index is 840. The van der Waals surface area contributed by atoms with Gasteiger partial charge in [-0.05, 0) is 42.8 Å². The summed E-state index contributed by atoms with van der Waals surface area (Å²) in [6, 6.07) is 12.1. The van der Waals surface area contributed by atoms with Crippen LogP contribution in [0, 0.1) is 0 Å². The molecule has 2 aromatic rings. The minimum absolute atomic E-state index is 0.588. The van der Waals surface area contributed by atoms with Gasteiger partial charge in [0.15, 0.2) is 0 Å². The zero-order valence-electron chi connectivity index (χ0n) is 12.5. The number of anilines is 1. The number of primary amides is 1. The molecule has 4 N–H and O–H groups in total. The number of hydrogen-bond donors (Lipinski definition) is 2. The number of hydrogen-bond acceptors (Lipinski definition) is 3. The van der Waals surface area contributed by atoms with Gasteiger partial charge in [0.2, 0.25) is 0 Å². The molecule has 0 bridgehead atoms. The molecule has 2 aromatic carbocycles. The van der Waals surface area contributed by atoms with Gasteiger partial charge in [0, 0.05) is 27.5 Å². The molecule has 0 aliphatic carbocycles. The van der Waals surface area contributed by atoms with Crippen molar-refractivity contribution in [1.82, 2.24) is 5.01 Å². The number of amides is 2. The van der Waals surface area contributed by atoms with Crippen LogP contribution in [-0.4, -0.2) is 16.8 Å². The van der Waals surface area contributed by atoms with Crippen molar-refractivity contribution in [1.29, 1.82) is 0 Å². The lowest BCUT2D eigenvalue weighted by molar-refractivity contribution is 0.223. The van der Waals surface area contributed by atoms with E-state index in [1.807, 2.05) is 30.3 Å². The molecule has 0 atom stereocenters. The van der Waals surface area contributed by atoms with Crippen LogP contribution in [0.15, 0.2) is 53.3 Å². The maximum atomic E-state index is 11.7. The van der Waals surface area contributed by atoms with E-state index in [1.54, 1.807) is 25.1 Å². The maximum absolute atomic E-state index is 11.7. The SMILES string of the molecule is CC1=Cc2ccc(Cl)cc2C(c2ccc(N)cc2)=NN1C(N)=O. The van der Waals surface area contributed by atoms with Crippen molar-refractivity contribution in [2.24, 2.45) is 10.8 Å². The first-order chi connectivity index (χ1) is 11.0. The van der Waals surface area contributed by atoms with Crippen molar-refractivity contribution in [3.63, 3.8) is 0 Å². The lowest BCUT2D eigenvalue weighted by atomic mass is 9.97. The lowest BCUT2D eigenvalue weighted by Crippen LogP contribution is -2.30. The van der Waals surface area contributed by atoms with E-state index >= 15 is 0 Å². The number of fused-ring (bicyclic) bond motifs is 1. The van der Waals surface area contributed by atoms with Crippen molar-refractivity contribution >= 4 is 35.1 Å². The molecule has 0 unspecified atom stereocenters. The largest absolute Gasteiger partial charge is 0.399 e. The Kier molecular flexibility index (Phi) is 3.80. The zero-order valence-corrected chi connectivity index (χ0v) is 13.2. The summed E-state index contributed by atoms with van der Waals surface area (Å²) >= 11 is 6.14. The Balaban J connectivity index is 2.26. The number of carbonyl (C=O) groups excluding carboxylic acids is 1. The number of nitrogens with zero attached hydrogens (tertiary/aromatic N) is 2. The second-order valence-corrected chi connectivity index (χ2v) is 5.67. The summed E-state index contributed by atoms with van der Waals surface area (Å²) in [5.74, 6) is 0. The molecule has 2 amide bonds. The molecule has 0 aromatic heterocycles. The highest BCUT2D eigenvalue weighted by Gasteiger charge is 2.21. The van der Waals surface area contributed by atoms with Gasteiger partial charge in [-0.25, -0.2) is 4.79 Å². The predicted molar refractivity (Wildman–Crippen MR) is 93.0 cm³/mol. The van der Waals surface area contributed by atoms with Crippen molar-refractivity contribution in [2.45, 2.75) is 6.92 Å². The molecule has 1 aliphatic rings. The van der Waals surface area contributed by atoms with E-state index < -0.39 is 6.03 Å². The average Bonchev–Trinajstić information content (AvgIpc) is 2.64. The van der Waals surface area contributed by atoms with Gasteiger partial charge in [0.25, 0.3) is 0 Å². The molecule has 0 fully saturated rings. The molecule has 0 spiro atoms. The Morgan fingerprint density at radius 1 is 1.17 bits per heavy atom. The molecular formula is C17H15ClN4O. The highest BCUT2D eigenvalue weighted by Crippen LogP contribution is 2.27. The molecule has 0 saturated carbocycles. The van der Waals surface area contributed by atoms with E-state index in [0.717, 1.165) is 16.7 Å². The molecule has 116 valence electrons. The third kappa shape index (κ3) is 2.91. The smallest absolute Gasteiger partial charge is 0.339 e. The molecule has 0 saturated heterocycles. The fourth-order valence-electron chi connectivity index (χ4n) is 2.46. The van der Waals surface area contributed by atoms with Crippen LogP contribution in [0.3, 0.4) is 0 Å². The summed E-state index contributed by atoms with van der Waals surface area (Å²) in [4.78, 5) is 11.7. The van der Waals surface area contributed by atoms with E-state index in [9.17, 15) is 4.79 Å². The number of carbonyl (C=O) groups is 1.